The van der Waals surface area contributed by atoms with Crippen molar-refractivity contribution in [2.75, 3.05) is 18.4 Å². The molecule has 1 amide bonds. The predicted octanol–water partition coefficient (Wildman–Crippen LogP) is 6.42. The van der Waals surface area contributed by atoms with Crippen LogP contribution in [0.15, 0.2) is 42.5 Å². The number of ether oxygens (including phenoxy) is 1. The summed E-state index contributed by atoms with van der Waals surface area (Å²) in [5, 5.41) is 1.08. The van der Waals surface area contributed by atoms with Crippen LogP contribution in [0.4, 0.5) is 13.2 Å². The average Bonchev–Trinajstić information content (AvgIpc) is 3.15. The molecule has 1 aliphatic rings. The molecule has 0 unspecified atom stereocenters. The fraction of sp³-hybridized carbons (Fsp3) is 0.381. The highest BCUT2D eigenvalue weighted by molar-refractivity contribution is 9.09. The van der Waals surface area contributed by atoms with E-state index in [4.69, 9.17) is 27.9 Å². The topological polar surface area (TPSA) is 29.5 Å². The smallest absolute Gasteiger partial charge is 0.416 e. The standard InChI is InChI=1S/C21H19BrCl2F3NO2/c1-12(30-15-5-3-14(4-6-15)21(25,26)27)16-10-28(20(29)9-22)11-17(16)13-2-7-18(23)19(24)8-13/h2-8,12,16-17H,9-11H2,1H3/t12-,16+,17+/m1/s1. The van der Waals surface area contributed by atoms with Crippen molar-refractivity contribution in [2.24, 2.45) is 5.92 Å². The summed E-state index contributed by atoms with van der Waals surface area (Å²) < 4.78 is 44.3. The molecule has 3 atom stereocenters. The highest BCUT2D eigenvalue weighted by atomic mass is 79.9. The zero-order valence-corrected chi connectivity index (χ0v) is 19.0. The highest BCUT2D eigenvalue weighted by Gasteiger charge is 2.40. The van der Waals surface area contributed by atoms with E-state index in [1.54, 1.807) is 17.0 Å². The van der Waals surface area contributed by atoms with E-state index in [0.29, 0.717) is 28.9 Å². The van der Waals surface area contributed by atoms with Gasteiger partial charge in [0.2, 0.25) is 5.91 Å². The number of rotatable bonds is 5. The van der Waals surface area contributed by atoms with Crippen LogP contribution < -0.4 is 4.74 Å². The van der Waals surface area contributed by atoms with Crippen LogP contribution in [0.5, 0.6) is 5.75 Å². The van der Waals surface area contributed by atoms with Crippen molar-refractivity contribution >= 4 is 45.0 Å². The monoisotopic (exact) mass is 523 g/mol. The molecule has 0 N–H and O–H groups in total. The predicted molar refractivity (Wildman–Crippen MR) is 115 cm³/mol. The lowest BCUT2D eigenvalue weighted by Gasteiger charge is -2.26. The molecule has 0 radical (unpaired) electrons. The van der Waals surface area contributed by atoms with Crippen LogP contribution in [0.2, 0.25) is 10.0 Å². The van der Waals surface area contributed by atoms with Crippen molar-refractivity contribution in [1.82, 2.24) is 4.90 Å². The second-order valence-electron chi connectivity index (χ2n) is 7.22. The van der Waals surface area contributed by atoms with Gasteiger partial charge in [0.25, 0.3) is 0 Å². The number of nitrogens with zero attached hydrogens (tertiary/aromatic N) is 1. The molecule has 1 fully saturated rings. The molecule has 30 heavy (non-hydrogen) atoms. The number of amides is 1. The summed E-state index contributed by atoms with van der Waals surface area (Å²) in [7, 11) is 0. The molecule has 0 saturated carbocycles. The molecule has 1 aliphatic heterocycles. The Bertz CT molecular complexity index is 908. The zero-order chi connectivity index (χ0) is 22.1. The fourth-order valence-electron chi connectivity index (χ4n) is 3.71. The highest BCUT2D eigenvalue weighted by Crippen LogP contribution is 2.39. The summed E-state index contributed by atoms with van der Waals surface area (Å²) in [6.07, 6.45) is -4.75. The minimum atomic E-state index is -4.40. The number of carbonyl (C=O) groups is 1. The molecule has 0 aromatic heterocycles. The molecular formula is C21H19BrCl2F3NO2. The lowest BCUT2D eigenvalue weighted by Crippen LogP contribution is -2.32. The minimum absolute atomic E-state index is 0.0377. The van der Waals surface area contributed by atoms with Crippen molar-refractivity contribution in [3.63, 3.8) is 0 Å². The molecule has 3 rings (SSSR count). The average molecular weight is 525 g/mol. The largest absolute Gasteiger partial charge is 0.490 e. The summed E-state index contributed by atoms with van der Waals surface area (Å²) in [6.45, 7) is 2.82. The molecular weight excluding hydrogens is 506 g/mol. The lowest BCUT2D eigenvalue weighted by molar-refractivity contribution is -0.137. The quantitative estimate of drug-likeness (QED) is 0.422. The van der Waals surface area contributed by atoms with E-state index in [0.717, 1.165) is 17.7 Å². The Balaban J connectivity index is 1.82. The zero-order valence-electron chi connectivity index (χ0n) is 15.9. The Morgan fingerprint density at radius 3 is 2.40 bits per heavy atom. The van der Waals surface area contributed by atoms with Gasteiger partial charge in [-0.25, -0.2) is 0 Å². The van der Waals surface area contributed by atoms with Crippen molar-refractivity contribution in [3.05, 3.63) is 63.6 Å². The fourth-order valence-corrected chi connectivity index (χ4v) is 4.37. The van der Waals surface area contributed by atoms with Crippen LogP contribution in [0.1, 0.15) is 24.0 Å². The third kappa shape index (κ3) is 5.24. The second kappa shape index (κ2) is 9.37. The number of likely N-dealkylation sites (tertiary alicyclic amines) is 1. The van der Waals surface area contributed by atoms with E-state index in [1.165, 1.54) is 12.1 Å². The van der Waals surface area contributed by atoms with Gasteiger partial charge in [0.1, 0.15) is 11.9 Å². The molecule has 9 heteroatoms. The Morgan fingerprint density at radius 2 is 1.83 bits per heavy atom. The summed E-state index contributed by atoms with van der Waals surface area (Å²) in [6, 6.07) is 9.98. The van der Waals surface area contributed by atoms with Gasteiger partial charge in [-0.15, -0.1) is 0 Å². The van der Waals surface area contributed by atoms with Gasteiger partial charge in [-0.2, -0.15) is 13.2 Å². The lowest BCUT2D eigenvalue weighted by atomic mass is 9.85. The Hall–Kier alpha value is -1.44. The normalized spacial score (nSPS) is 20.3. The summed E-state index contributed by atoms with van der Waals surface area (Å²) in [4.78, 5) is 14.0. The van der Waals surface area contributed by atoms with Crippen molar-refractivity contribution < 1.29 is 22.7 Å². The van der Waals surface area contributed by atoms with Gasteiger partial charge in [0.15, 0.2) is 0 Å². The molecule has 0 bridgehead atoms. The number of hydrogen-bond donors (Lipinski definition) is 0. The Morgan fingerprint density at radius 1 is 1.17 bits per heavy atom. The van der Waals surface area contributed by atoms with Crippen LogP contribution in [0.3, 0.4) is 0 Å². The number of benzene rings is 2. The van der Waals surface area contributed by atoms with E-state index in [1.807, 2.05) is 13.0 Å². The molecule has 2 aromatic rings. The molecule has 1 saturated heterocycles. The summed E-state index contributed by atoms with van der Waals surface area (Å²) >= 11 is 15.4. The van der Waals surface area contributed by atoms with Gasteiger partial charge in [0, 0.05) is 24.9 Å². The van der Waals surface area contributed by atoms with Gasteiger partial charge >= 0.3 is 6.18 Å². The first-order valence-corrected chi connectivity index (χ1v) is 11.1. The van der Waals surface area contributed by atoms with Crippen molar-refractivity contribution in [3.8, 4) is 5.75 Å². The third-order valence-corrected chi connectivity index (χ3v) is 6.53. The van der Waals surface area contributed by atoms with Crippen molar-refractivity contribution in [1.29, 1.82) is 0 Å². The maximum absolute atomic E-state index is 12.8. The number of alkyl halides is 4. The third-order valence-electron chi connectivity index (χ3n) is 5.31. The first-order valence-electron chi connectivity index (χ1n) is 9.22. The first-order chi connectivity index (χ1) is 14.1. The maximum Gasteiger partial charge on any atom is 0.416 e. The number of carbonyl (C=O) groups excluding carboxylic acids is 1. The molecule has 2 aromatic carbocycles. The molecule has 0 spiro atoms. The SMILES string of the molecule is C[C@@H](Oc1ccc(C(F)(F)F)cc1)[C@@H]1CN(C(=O)CBr)C[C@H]1c1ccc(Cl)c(Cl)c1. The first kappa shape index (κ1) is 23.2. The second-order valence-corrected chi connectivity index (χ2v) is 8.60. The molecule has 0 aliphatic carbocycles. The van der Waals surface area contributed by atoms with E-state index < -0.39 is 11.7 Å². The molecule has 3 nitrogen and oxygen atoms in total. The molecule has 162 valence electrons. The van der Waals surface area contributed by atoms with E-state index in [9.17, 15) is 18.0 Å². The van der Waals surface area contributed by atoms with Crippen LogP contribution in [0.25, 0.3) is 0 Å². The summed E-state index contributed by atoms with van der Waals surface area (Å²) in [5.74, 6) is 0.178. The van der Waals surface area contributed by atoms with Crippen LogP contribution in [0, 0.1) is 5.92 Å². The van der Waals surface area contributed by atoms with Crippen LogP contribution in [-0.2, 0) is 11.0 Å². The number of hydrogen-bond acceptors (Lipinski definition) is 2. The maximum atomic E-state index is 12.8. The van der Waals surface area contributed by atoms with E-state index >= 15 is 0 Å². The van der Waals surface area contributed by atoms with Gasteiger partial charge in [-0.3, -0.25) is 4.79 Å². The Kier molecular flexibility index (Phi) is 7.25. The minimum Gasteiger partial charge on any atom is -0.490 e. The summed E-state index contributed by atoms with van der Waals surface area (Å²) in [5.41, 5.74) is 0.202. The molecule has 1 heterocycles. The van der Waals surface area contributed by atoms with Gasteiger partial charge in [-0.1, -0.05) is 45.2 Å². The Labute approximate surface area is 191 Å². The van der Waals surface area contributed by atoms with Crippen molar-refractivity contribution in [2.45, 2.75) is 25.1 Å². The van der Waals surface area contributed by atoms with Crippen LogP contribution in [-0.4, -0.2) is 35.3 Å². The number of halogens is 6. The van der Waals surface area contributed by atoms with Crippen LogP contribution >= 0.6 is 39.1 Å². The van der Waals surface area contributed by atoms with E-state index in [2.05, 4.69) is 15.9 Å². The van der Waals surface area contributed by atoms with Gasteiger partial charge in [0.05, 0.1) is 20.9 Å². The van der Waals surface area contributed by atoms with Gasteiger partial charge in [-0.05, 0) is 48.9 Å². The van der Waals surface area contributed by atoms with Gasteiger partial charge < -0.3 is 9.64 Å². The van der Waals surface area contributed by atoms with E-state index in [-0.39, 0.29) is 29.2 Å².